The van der Waals surface area contributed by atoms with Crippen LogP contribution in [0.4, 0.5) is 0 Å². The molecule has 0 radical (unpaired) electrons. The maximum absolute atomic E-state index is 9.46. The van der Waals surface area contributed by atoms with Crippen LogP contribution in [0.1, 0.15) is 71.1 Å². The Morgan fingerprint density at radius 2 is 1.81 bits per heavy atom. The zero-order valence-corrected chi connectivity index (χ0v) is 13.7. The predicted molar refractivity (Wildman–Crippen MR) is 86.0 cm³/mol. The molecule has 0 aromatic heterocycles. The summed E-state index contributed by atoms with van der Waals surface area (Å²) in [7, 11) is 0. The third-order valence-corrected chi connectivity index (χ3v) is 6.11. The molecule has 3 nitrogen and oxygen atoms in total. The van der Waals surface area contributed by atoms with Crippen LogP contribution in [0.2, 0.25) is 0 Å². The van der Waals surface area contributed by atoms with Crippen molar-refractivity contribution in [1.29, 1.82) is 5.26 Å². The van der Waals surface area contributed by atoms with E-state index in [1.807, 2.05) is 0 Å². The molecule has 1 saturated heterocycles. The summed E-state index contributed by atoms with van der Waals surface area (Å²) in [6.07, 6.45) is 13.6. The molecular formula is C18H31N3. The number of hydrogen-bond donors (Lipinski definition) is 1. The van der Waals surface area contributed by atoms with Crippen LogP contribution in [0, 0.1) is 16.7 Å². The number of nitrogens with one attached hydrogen (secondary N) is 1. The summed E-state index contributed by atoms with van der Waals surface area (Å²) < 4.78 is 0. The van der Waals surface area contributed by atoms with E-state index in [1.54, 1.807) is 0 Å². The monoisotopic (exact) mass is 289 g/mol. The number of nitriles is 1. The van der Waals surface area contributed by atoms with Crippen molar-refractivity contribution in [2.75, 3.05) is 19.6 Å². The largest absolute Gasteiger partial charge is 0.303 e. The zero-order valence-electron chi connectivity index (χ0n) is 13.7. The van der Waals surface area contributed by atoms with Crippen molar-refractivity contribution in [2.24, 2.45) is 5.41 Å². The fourth-order valence-electron chi connectivity index (χ4n) is 4.27. The second-order valence-corrected chi connectivity index (χ2v) is 8.01. The second kappa shape index (κ2) is 6.26. The molecule has 0 aromatic rings. The first kappa shape index (κ1) is 15.3. The van der Waals surface area contributed by atoms with Gasteiger partial charge < -0.3 is 4.90 Å². The summed E-state index contributed by atoms with van der Waals surface area (Å²) in [6.45, 7) is 5.67. The van der Waals surface area contributed by atoms with Gasteiger partial charge in [-0.15, -0.1) is 0 Å². The van der Waals surface area contributed by atoms with Crippen molar-refractivity contribution in [1.82, 2.24) is 10.2 Å². The molecule has 1 spiro atoms. The van der Waals surface area contributed by atoms with Gasteiger partial charge in [0.15, 0.2) is 0 Å². The smallest absolute Gasteiger partial charge is 0.105 e. The Hall–Kier alpha value is -0.590. The van der Waals surface area contributed by atoms with E-state index in [0.717, 1.165) is 13.0 Å². The highest BCUT2D eigenvalue weighted by Crippen LogP contribution is 2.44. The van der Waals surface area contributed by atoms with Crippen LogP contribution in [0.25, 0.3) is 0 Å². The summed E-state index contributed by atoms with van der Waals surface area (Å²) in [5, 5.41) is 13.0. The number of piperidine rings is 1. The lowest BCUT2D eigenvalue weighted by Crippen LogP contribution is -2.47. The molecule has 0 bridgehead atoms. The third kappa shape index (κ3) is 3.99. The van der Waals surface area contributed by atoms with Crippen LogP contribution >= 0.6 is 0 Å². The van der Waals surface area contributed by atoms with Crippen molar-refractivity contribution >= 4 is 0 Å². The molecule has 1 aliphatic heterocycles. The van der Waals surface area contributed by atoms with Gasteiger partial charge in [0.25, 0.3) is 0 Å². The number of hydrogen-bond acceptors (Lipinski definition) is 3. The van der Waals surface area contributed by atoms with Gasteiger partial charge in [0.2, 0.25) is 0 Å². The average Bonchev–Trinajstić information content (AvgIpc) is 3.32. The summed E-state index contributed by atoms with van der Waals surface area (Å²) in [5.41, 5.74) is 0.376. The van der Waals surface area contributed by atoms with Gasteiger partial charge in [0.1, 0.15) is 5.54 Å². The van der Waals surface area contributed by atoms with E-state index in [4.69, 9.17) is 0 Å². The predicted octanol–water partition coefficient (Wildman–Crippen LogP) is 3.46. The van der Waals surface area contributed by atoms with E-state index in [2.05, 4.69) is 23.2 Å². The van der Waals surface area contributed by atoms with E-state index >= 15 is 0 Å². The molecule has 0 amide bonds. The van der Waals surface area contributed by atoms with Crippen molar-refractivity contribution in [3.63, 3.8) is 0 Å². The van der Waals surface area contributed by atoms with E-state index in [1.165, 1.54) is 70.9 Å². The topological polar surface area (TPSA) is 39.1 Å². The minimum absolute atomic E-state index is 0.318. The fourth-order valence-corrected chi connectivity index (χ4v) is 4.27. The van der Waals surface area contributed by atoms with Crippen molar-refractivity contribution < 1.29 is 0 Å². The Kier molecular flexibility index (Phi) is 4.57. The van der Waals surface area contributed by atoms with Gasteiger partial charge in [-0.1, -0.05) is 19.3 Å². The molecule has 3 aliphatic rings. The van der Waals surface area contributed by atoms with Gasteiger partial charge in [-0.2, -0.15) is 5.26 Å². The highest BCUT2D eigenvalue weighted by atomic mass is 15.1. The first-order valence-corrected chi connectivity index (χ1v) is 9.05. The molecule has 21 heavy (non-hydrogen) atoms. The Morgan fingerprint density at radius 3 is 2.38 bits per heavy atom. The molecule has 118 valence electrons. The maximum atomic E-state index is 9.46. The molecular weight excluding hydrogens is 258 g/mol. The van der Waals surface area contributed by atoms with E-state index in [0.29, 0.717) is 11.5 Å². The van der Waals surface area contributed by atoms with Crippen LogP contribution < -0.4 is 5.32 Å². The maximum Gasteiger partial charge on any atom is 0.105 e. The van der Waals surface area contributed by atoms with E-state index in [9.17, 15) is 5.26 Å². The number of likely N-dealkylation sites (tertiary alicyclic amines) is 1. The summed E-state index contributed by atoms with van der Waals surface area (Å²) in [6, 6.07) is 3.12. The van der Waals surface area contributed by atoms with Gasteiger partial charge in [-0.3, -0.25) is 5.32 Å². The van der Waals surface area contributed by atoms with Gasteiger partial charge >= 0.3 is 0 Å². The minimum Gasteiger partial charge on any atom is -0.303 e. The van der Waals surface area contributed by atoms with Crippen LogP contribution in [0.15, 0.2) is 0 Å². The molecule has 1 unspecified atom stereocenters. The van der Waals surface area contributed by atoms with Crippen LogP contribution in [0.5, 0.6) is 0 Å². The first-order chi connectivity index (χ1) is 10.1. The van der Waals surface area contributed by atoms with E-state index < -0.39 is 0 Å². The Labute approximate surface area is 130 Å². The van der Waals surface area contributed by atoms with Crippen LogP contribution in [0.3, 0.4) is 0 Å². The quantitative estimate of drug-likeness (QED) is 0.842. The fraction of sp³-hybridized carbons (Fsp3) is 0.944. The Morgan fingerprint density at radius 1 is 1.14 bits per heavy atom. The molecule has 2 saturated carbocycles. The molecule has 2 aliphatic carbocycles. The summed E-state index contributed by atoms with van der Waals surface area (Å²) >= 11 is 0. The van der Waals surface area contributed by atoms with Crippen LogP contribution in [-0.2, 0) is 0 Å². The van der Waals surface area contributed by atoms with Crippen molar-refractivity contribution in [2.45, 2.75) is 82.7 Å². The molecule has 3 heteroatoms. The lowest BCUT2D eigenvalue weighted by molar-refractivity contribution is 0.0646. The van der Waals surface area contributed by atoms with Gasteiger partial charge in [0, 0.05) is 12.6 Å². The normalized spacial score (nSPS) is 29.0. The Balaban J connectivity index is 1.43. The van der Waals surface area contributed by atoms with Gasteiger partial charge in [-0.05, 0) is 70.4 Å². The third-order valence-electron chi connectivity index (χ3n) is 6.11. The zero-order chi connectivity index (χ0) is 14.8. The van der Waals surface area contributed by atoms with Crippen LogP contribution in [-0.4, -0.2) is 36.1 Å². The first-order valence-electron chi connectivity index (χ1n) is 9.05. The molecule has 1 heterocycles. The highest BCUT2D eigenvalue weighted by molar-refractivity contribution is 5.07. The minimum atomic E-state index is -0.318. The summed E-state index contributed by atoms with van der Waals surface area (Å²) in [4.78, 5) is 2.60. The number of rotatable bonds is 5. The molecule has 1 atom stereocenters. The summed E-state index contributed by atoms with van der Waals surface area (Å²) in [5.74, 6) is 0. The molecule has 1 N–H and O–H groups in total. The standard InChI is InChI=1S/C18H31N3/c1-17(15-19,20-16-5-6-16)9-12-21-13-10-18(11-14-21)7-3-2-4-8-18/h16,20H,2-14H2,1H3. The number of nitrogens with zero attached hydrogens (tertiary/aromatic N) is 2. The Bertz CT molecular complexity index is 380. The highest BCUT2D eigenvalue weighted by Gasteiger charge is 2.37. The molecule has 0 aromatic carbocycles. The SMILES string of the molecule is CC(C#N)(CCN1CCC2(CCCCC2)CC1)NC1CC1. The molecule has 3 rings (SSSR count). The van der Waals surface area contributed by atoms with Crippen molar-refractivity contribution in [3.8, 4) is 6.07 Å². The second-order valence-electron chi connectivity index (χ2n) is 8.01. The lowest BCUT2D eigenvalue weighted by Gasteiger charge is -2.44. The van der Waals surface area contributed by atoms with Gasteiger partial charge in [0.05, 0.1) is 6.07 Å². The van der Waals surface area contributed by atoms with E-state index in [-0.39, 0.29) is 5.54 Å². The average molecular weight is 289 g/mol. The lowest BCUT2D eigenvalue weighted by atomic mass is 9.68. The van der Waals surface area contributed by atoms with Gasteiger partial charge in [-0.25, -0.2) is 0 Å². The molecule has 3 fully saturated rings. The van der Waals surface area contributed by atoms with Crippen molar-refractivity contribution in [3.05, 3.63) is 0 Å².